The maximum absolute atomic E-state index is 13.1. The molecule has 0 saturated carbocycles. The number of para-hydroxylation sites is 2. The van der Waals surface area contributed by atoms with Gasteiger partial charge in [-0.3, -0.25) is 9.59 Å². The zero-order valence-electron chi connectivity index (χ0n) is 15.2. The van der Waals surface area contributed by atoms with Crippen molar-refractivity contribution in [1.29, 1.82) is 0 Å². The molecule has 7 heteroatoms. The molecule has 0 aliphatic carbocycles. The number of aryl methyl sites for hydroxylation is 1. The second-order valence-corrected chi connectivity index (χ2v) is 6.99. The number of amides is 2. The van der Waals surface area contributed by atoms with E-state index in [9.17, 15) is 9.59 Å². The van der Waals surface area contributed by atoms with Crippen LogP contribution in [0.15, 0.2) is 29.4 Å². The van der Waals surface area contributed by atoms with E-state index in [1.807, 2.05) is 36.2 Å². The SMILES string of the molecule is CN1N=C(C(=O)N2CCCCC2c2nc3ccccc3n2C)CCC1=O. The van der Waals surface area contributed by atoms with Crippen molar-refractivity contribution in [2.45, 2.75) is 38.1 Å². The Hall–Kier alpha value is -2.70. The summed E-state index contributed by atoms with van der Waals surface area (Å²) in [7, 11) is 3.61. The van der Waals surface area contributed by atoms with E-state index in [2.05, 4.69) is 9.67 Å². The molecule has 136 valence electrons. The Bertz CT molecular complexity index is 900. The Labute approximate surface area is 152 Å². The summed E-state index contributed by atoms with van der Waals surface area (Å²) in [5.41, 5.74) is 2.49. The molecule has 1 aromatic heterocycles. The summed E-state index contributed by atoms with van der Waals surface area (Å²) in [6, 6.07) is 7.97. The lowest BCUT2D eigenvalue weighted by Crippen LogP contribution is -2.45. The van der Waals surface area contributed by atoms with Crippen LogP contribution in [0.4, 0.5) is 0 Å². The normalized spacial score (nSPS) is 21.2. The molecule has 2 aromatic rings. The first kappa shape index (κ1) is 16.8. The van der Waals surface area contributed by atoms with Gasteiger partial charge < -0.3 is 9.47 Å². The first-order valence-corrected chi connectivity index (χ1v) is 9.12. The van der Waals surface area contributed by atoms with Crippen LogP contribution in [0.3, 0.4) is 0 Å². The van der Waals surface area contributed by atoms with Crippen molar-refractivity contribution in [1.82, 2.24) is 19.5 Å². The molecule has 1 atom stereocenters. The fraction of sp³-hybridized carbons (Fsp3) is 0.474. The number of carbonyl (C=O) groups excluding carboxylic acids is 2. The summed E-state index contributed by atoms with van der Waals surface area (Å²) in [5, 5.41) is 5.50. The first-order valence-electron chi connectivity index (χ1n) is 9.12. The van der Waals surface area contributed by atoms with Crippen LogP contribution in [0, 0.1) is 0 Å². The number of hydrogen-bond donors (Lipinski definition) is 0. The Kier molecular flexibility index (Phi) is 4.22. The van der Waals surface area contributed by atoms with Crippen LogP contribution in [0.2, 0.25) is 0 Å². The summed E-state index contributed by atoms with van der Waals surface area (Å²) >= 11 is 0. The van der Waals surface area contributed by atoms with Crippen molar-refractivity contribution in [3.05, 3.63) is 30.1 Å². The van der Waals surface area contributed by atoms with Gasteiger partial charge in [-0.05, 0) is 31.4 Å². The molecule has 3 heterocycles. The van der Waals surface area contributed by atoms with Gasteiger partial charge in [0, 0.05) is 33.5 Å². The summed E-state index contributed by atoms with van der Waals surface area (Å²) in [4.78, 5) is 31.5. The van der Waals surface area contributed by atoms with E-state index in [1.54, 1.807) is 7.05 Å². The van der Waals surface area contributed by atoms with Gasteiger partial charge in [0.15, 0.2) is 0 Å². The Balaban J connectivity index is 1.68. The Morgan fingerprint density at radius 1 is 1.15 bits per heavy atom. The molecule has 2 aliphatic rings. The van der Waals surface area contributed by atoms with E-state index in [0.29, 0.717) is 25.1 Å². The molecular formula is C19H23N5O2. The number of piperidine rings is 1. The van der Waals surface area contributed by atoms with Crippen molar-refractivity contribution in [2.24, 2.45) is 12.1 Å². The van der Waals surface area contributed by atoms with Crippen molar-refractivity contribution in [2.75, 3.05) is 13.6 Å². The molecule has 1 fully saturated rings. The molecule has 4 rings (SSSR count). The number of carbonyl (C=O) groups is 2. The molecule has 0 radical (unpaired) electrons. The molecule has 0 N–H and O–H groups in total. The highest BCUT2D eigenvalue weighted by Gasteiger charge is 2.34. The number of hydrazone groups is 1. The van der Waals surface area contributed by atoms with Crippen LogP contribution >= 0.6 is 0 Å². The second-order valence-electron chi connectivity index (χ2n) is 6.99. The number of rotatable bonds is 2. The van der Waals surface area contributed by atoms with Crippen molar-refractivity contribution < 1.29 is 9.59 Å². The van der Waals surface area contributed by atoms with Crippen LogP contribution < -0.4 is 0 Å². The molecular weight excluding hydrogens is 330 g/mol. The van der Waals surface area contributed by atoms with E-state index in [-0.39, 0.29) is 17.9 Å². The average molecular weight is 353 g/mol. The Morgan fingerprint density at radius 2 is 1.96 bits per heavy atom. The van der Waals surface area contributed by atoms with Crippen molar-refractivity contribution in [3.63, 3.8) is 0 Å². The van der Waals surface area contributed by atoms with Gasteiger partial charge in [-0.2, -0.15) is 5.10 Å². The molecule has 0 spiro atoms. The fourth-order valence-corrected chi connectivity index (χ4v) is 3.89. The van der Waals surface area contributed by atoms with Gasteiger partial charge >= 0.3 is 0 Å². The van der Waals surface area contributed by atoms with E-state index < -0.39 is 0 Å². The van der Waals surface area contributed by atoms with Gasteiger partial charge in [0.25, 0.3) is 5.91 Å². The van der Waals surface area contributed by atoms with E-state index in [1.165, 1.54) is 5.01 Å². The maximum Gasteiger partial charge on any atom is 0.270 e. The van der Waals surface area contributed by atoms with Crippen LogP contribution in [0.5, 0.6) is 0 Å². The lowest BCUT2D eigenvalue weighted by Gasteiger charge is -2.36. The highest BCUT2D eigenvalue weighted by atomic mass is 16.2. The van der Waals surface area contributed by atoms with Crippen LogP contribution in [0.25, 0.3) is 11.0 Å². The number of hydrogen-bond acceptors (Lipinski definition) is 4. The predicted molar refractivity (Wildman–Crippen MR) is 98.5 cm³/mol. The zero-order valence-corrected chi connectivity index (χ0v) is 15.2. The highest BCUT2D eigenvalue weighted by molar-refractivity contribution is 6.39. The highest BCUT2D eigenvalue weighted by Crippen LogP contribution is 2.32. The van der Waals surface area contributed by atoms with Gasteiger partial charge in [-0.1, -0.05) is 12.1 Å². The molecule has 26 heavy (non-hydrogen) atoms. The number of imidazole rings is 1. The van der Waals surface area contributed by atoms with Gasteiger partial charge in [-0.25, -0.2) is 9.99 Å². The largest absolute Gasteiger partial charge is 0.329 e. The molecule has 2 aliphatic heterocycles. The third-order valence-corrected chi connectivity index (χ3v) is 5.34. The van der Waals surface area contributed by atoms with Gasteiger partial charge in [0.1, 0.15) is 11.5 Å². The van der Waals surface area contributed by atoms with Crippen LogP contribution in [-0.4, -0.2) is 50.6 Å². The Morgan fingerprint density at radius 3 is 2.73 bits per heavy atom. The fourth-order valence-electron chi connectivity index (χ4n) is 3.89. The van der Waals surface area contributed by atoms with Crippen LogP contribution in [-0.2, 0) is 16.6 Å². The first-order chi connectivity index (χ1) is 12.6. The maximum atomic E-state index is 13.1. The third-order valence-electron chi connectivity index (χ3n) is 5.34. The number of benzene rings is 1. The summed E-state index contributed by atoms with van der Waals surface area (Å²) in [6.45, 7) is 0.698. The lowest BCUT2D eigenvalue weighted by molar-refractivity contribution is -0.131. The van der Waals surface area contributed by atoms with E-state index in [0.717, 1.165) is 36.1 Å². The summed E-state index contributed by atoms with van der Waals surface area (Å²) in [5.74, 6) is 0.799. The second kappa shape index (κ2) is 6.55. The standard InChI is InChI=1S/C19H23N5O2/c1-22-15-8-4-3-7-13(15)20-18(22)16-9-5-6-12-24(16)19(26)14-10-11-17(25)23(2)21-14/h3-4,7-8,16H,5-6,9-12H2,1-2H3. The number of aromatic nitrogens is 2. The summed E-state index contributed by atoms with van der Waals surface area (Å²) in [6.07, 6.45) is 3.70. The van der Waals surface area contributed by atoms with Gasteiger partial charge in [-0.15, -0.1) is 0 Å². The molecule has 7 nitrogen and oxygen atoms in total. The van der Waals surface area contributed by atoms with Gasteiger partial charge in [0.05, 0.1) is 17.1 Å². The topological polar surface area (TPSA) is 70.8 Å². The average Bonchev–Trinajstić information content (AvgIpc) is 3.00. The van der Waals surface area contributed by atoms with Gasteiger partial charge in [0.2, 0.25) is 5.91 Å². The number of likely N-dealkylation sites (tertiary alicyclic amines) is 1. The van der Waals surface area contributed by atoms with E-state index >= 15 is 0 Å². The smallest absolute Gasteiger partial charge is 0.270 e. The third kappa shape index (κ3) is 2.77. The number of nitrogens with zero attached hydrogens (tertiary/aromatic N) is 5. The minimum atomic E-state index is -0.0684. The van der Waals surface area contributed by atoms with Crippen LogP contribution in [0.1, 0.15) is 44.0 Å². The van der Waals surface area contributed by atoms with E-state index in [4.69, 9.17) is 4.98 Å². The zero-order chi connectivity index (χ0) is 18.3. The molecule has 2 amide bonds. The number of fused-ring (bicyclic) bond motifs is 1. The minimum Gasteiger partial charge on any atom is -0.329 e. The molecule has 0 bridgehead atoms. The molecule has 1 unspecified atom stereocenters. The summed E-state index contributed by atoms with van der Waals surface area (Å²) < 4.78 is 2.09. The quantitative estimate of drug-likeness (QED) is 0.831. The minimum absolute atomic E-state index is 0.0490. The van der Waals surface area contributed by atoms with Crippen molar-refractivity contribution >= 4 is 28.6 Å². The monoisotopic (exact) mass is 353 g/mol. The lowest BCUT2D eigenvalue weighted by atomic mass is 9.99. The molecule has 1 aromatic carbocycles. The predicted octanol–water partition coefficient (Wildman–Crippen LogP) is 2.24. The molecule has 1 saturated heterocycles. The van der Waals surface area contributed by atoms with Crippen molar-refractivity contribution in [3.8, 4) is 0 Å².